The van der Waals surface area contributed by atoms with E-state index in [0.29, 0.717) is 6.42 Å². The molecule has 0 aromatic rings. The van der Waals surface area contributed by atoms with Gasteiger partial charge < -0.3 is 15.7 Å². The number of carbonyl (C=O) groups is 1. The second kappa shape index (κ2) is 6.08. The number of nitrogens with one attached hydrogen (secondary N) is 2. The van der Waals surface area contributed by atoms with Crippen molar-refractivity contribution in [1.29, 1.82) is 0 Å². The van der Waals surface area contributed by atoms with Gasteiger partial charge in [-0.2, -0.15) is 0 Å². The van der Waals surface area contributed by atoms with Crippen LogP contribution in [-0.4, -0.2) is 36.2 Å². The zero-order chi connectivity index (χ0) is 11.3. The second-order valence-electron chi connectivity index (χ2n) is 4.54. The molecule has 1 aliphatic heterocycles. The molecule has 15 heavy (non-hydrogen) atoms. The summed E-state index contributed by atoms with van der Waals surface area (Å²) in [5.41, 5.74) is 0. The Bertz CT molecular complexity index is 201. The van der Waals surface area contributed by atoms with Gasteiger partial charge in [-0.25, -0.2) is 0 Å². The maximum Gasteiger partial charge on any atom is 0.224 e. The van der Waals surface area contributed by atoms with Crippen LogP contribution >= 0.6 is 0 Å². The van der Waals surface area contributed by atoms with Crippen molar-refractivity contribution in [3.63, 3.8) is 0 Å². The molecular weight excluding hydrogens is 192 g/mol. The molecule has 0 aliphatic carbocycles. The number of piperidine rings is 1. The Morgan fingerprint density at radius 3 is 2.87 bits per heavy atom. The van der Waals surface area contributed by atoms with Gasteiger partial charge in [-0.1, -0.05) is 0 Å². The zero-order valence-electron chi connectivity index (χ0n) is 9.62. The lowest BCUT2D eigenvalue weighted by Gasteiger charge is -2.24. The van der Waals surface area contributed by atoms with Crippen molar-refractivity contribution in [2.45, 2.75) is 45.3 Å². The van der Waals surface area contributed by atoms with Crippen LogP contribution in [0.4, 0.5) is 0 Å². The summed E-state index contributed by atoms with van der Waals surface area (Å²) < 4.78 is 0. The van der Waals surface area contributed by atoms with Crippen molar-refractivity contribution in [3.8, 4) is 0 Å². The molecular formula is C11H22N2O2. The second-order valence-corrected chi connectivity index (χ2v) is 4.54. The summed E-state index contributed by atoms with van der Waals surface area (Å²) in [7, 11) is 0. The molecule has 0 aromatic carbocycles. The highest BCUT2D eigenvalue weighted by atomic mass is 16.3. The first-order chi connectivity index (χ1) is 7.09. The standard InChI is InChI=1S/C11H22N2O2/c1-8(6-9(2)14)13-11(15)10-4-3-5-12-7-10/h8-10,12,14H,3-7H2,1-2H3,(H,13,15)/t8?,9?,10-/m0/s1. The quantitative estimate of drug-likeness (QED) is 0.629. The number of hydrogen-bond acceptors (Lipinski definition) is 3. The van der Waals surface area contributed by atoms with E-state index in [4.69, 9.17) is 0 Å². The third-order valence-electron chi connectivity index (χ3n) is 2.75. The minimum absolute atomic E-state index is 0.0550. The molecule has 1 saturated heterocycles. The van der Waals surface area contributed by atoms with Crippen LogP contribution in [0.3, 0.4) is 0 Å². The fraction of sp³-hybridized carbons (Fsp3) is 0.909. The molecule has 1 aliphatic rings. The zero-order valence-corrected chi connectivity index (χ0v) is 9.62. The fourth-order valence-electron chi connectivity index (χ4n) is 2.01. The Hall–Kier alpha value is -0.610. The number of aliphatic hydroxyl groups excluding tert-OH is 1. The van der Waals surface area contributed by atoms with E-state index >= 15 is 0 Å². The molecule has 0 aromatic heterocycles. The van der Waals surface area contributed by atoms with Gasteiger partial charge in [0.1, 0.15) is 0 Å². The molecule has 0 bridgehead atoms. The summed E-state index contributed by atoms with van der Waals surface area (Å²) in [6.45, 7) is 5.48. The summed E-state index contributed by atoms with van der Waals surface area (Å²) in [4.78, 5) is 11.8. The molecule has 3 N–H and O–H groups in total. The van der Waals surface area contributed by atoms with E-state index in [0.717, 1.165) is 25.9 Å². The Labute approximate surface area is 91.4 Å². The number of aliphatic hydroxyl groups is 1. The summed E-state index contributed by atoms with van der Waals surface area (Å²) in [6.07, 6.45) is 2.31. The lowest BCUT2D eigenvalue weighted by molar-refractivity contribution is -0.126. The third-order valence-corrected chi connectivity index (χ3v) is 2.75. The Kier molecular flexibility index (Phi) is 5.05. The topological polar surface area (TPSA) is 61.4 Å². The Morgan fingerprint density at radius 1 is 1.60 bits per heavy atom. The average molecular weight is 214 g/mol. The van der Waals surface area contributed by atoms with Gasteiger partial charge in [0.15, 0.2) is 0 Å². The highest BCUT2D eigenvalue weighted by molar-refractivity contribution is 5.79. The maximum absolute atomic E-state index is 11.8. The maximum atomic E-state index is 11.8. The fourth-order valence-corrected chi connectivity index (χ4v) is 2.01. The van der Waals surface area contributed by atoms with Gasteiger partial charge in [0.05, 0.1) is 12.0 Å². The highest BCUT2D eigenvalue weighted by Crippen LogP contribution is 2.10. The third kappa shape index (κ3) is 4.62. The molecule has 1 heterocycles. The summed E-state index contributed by atoms with van der Waals surface area (Å²) in [6, 6.07) is 0.0550. The van der Waals surface area contributed by atoms with E-state index in [9.17, 15) is 9.90 Å². The van der Waals surface area contributed by atoms with E-state index in [1.807, 2.05) is 6.92 Å². The Morgan fingerprint density at radius 2 is 2.33 bits per heavy atom. The molecule has 1 amide bonds. The van der Waals surface area contributed by atoms with Crippen molar-refractivity contribution in [1.82, 2.24) is 10.6 Å². The number of amides is 1. The van der Waals surface area contributed by atoms with Gasteiger partial charge in [-0.15, -0.1) is 0 Å². The summed E-state index contributed by atoms with van der Waals surface area (Å²) in [5, 5.41) is 15.3. The van der Waals surface area contributed by atoms with Gasteiger partial charge in [0.2, 0.25) is 5.91 Å². The molecule has 2 unspecified atom stereocenters. The van der Waals surface area contributed by atoms with Crippen LogP contribution < -0.4 is 10.6 Å². The molecule has 0 radical (unpaired) electrons. The lowest BCUT2D eigenvalue weighted by atomic mass is 9.98. The molecule has 1 rings (SSSR count). The smallest absolute Gasteiger partial charge is 0.224 e. The number of carbonyl (C=O) groups excluding carboxylic acids is 1. The summed E-state index contributed by atoms with van der Waals surface area (Å²) >= 11 is 0. The lowest BCUT2D eigenvalue weighted by Crippen LogP contribution is -2.44. The van der Waals surface area contributed by atoms with Crippen LogP contribution in [0, 0.1) is 5.92 Å². The van der Waals surface area contributed by atoms with E-state index < -0.39 is 0 Å². The predicted molar refractivity (Wildman–Crippen MR) is 59.5 cm³/mol. The van der Waals surface area contributed by atoms with Crippen LogP contribution in [0.1, 0.15) is 33.1 Å². The number of hydrogen-bond donors (Lipinski definition) is 3. The van der Waals surface area contributed by atoms with Crippen LogP contribution in [0.5, 0.6) is 0 Å². The molecule has 4 nitrogen and oxygen atoms in total. The van der Waals surface area contributed by atoms with Crippen molar-refractivity contribution < 1.29 is 9.90 Å². The summed E-state index contributed by atoms with van der Waals surface area (Å²) in [5.74, 6) is 0.227. The van der Waals surface area contributed by atoms with Crippen molar-refractivity contribution in [2.75, 3.05) is 13.1 Å². The van der Waals surface area contributed by atoms with E-state index in [-0.39, 0.29) is 24.0 Å². The molecule has 0 spiro atoms. The molecule has 0 saturated carbocycles. The largest absolute Gasteiger partial charge is 0.393 e. The van der Waals surface area contributed by atoms with Gasteiger partial charge in [-0.05, 0) is 39.7 Å². The van der Waals surface area contributed by atoms with Gasteiger partial charge in [-0.3, -0.25) is 4.79 Å². The van der Waals surface area contributed by atoms with Crippen LogP contribution in [0.15, 0.2) is 0 Å². The first-order valence-corrected chi connectivity index (χ1v) is 5.78. The van der Waals surface area contributed by atoms with Gasteiger partial charge >= 0.3 is 0 Å². The first kappa shape index (κ1) is 12.5. The minimum atomic E-state index is -0.357. The Balaban J connectivity index is 2.27. The monoisotopic (exact) mass is 214 g/mol. The average Bonchev–Trinajstić information content (AvgIpc) is 2.17. The van der Waals surface area contributed by atoms with Crippen molar-refractivity contribution in [2.24, 2.45) is 5.92 Å². The molecule has 3 atom stereocenters. The van der Waals surface area contributed by atoms with Gasteiger partial charge in [0, 0.05) is 12.6 Å². The van der Waals surface area contributed by atoms with Crippen LogP contribution in [0.25, 0.3) is 0 Å². The molecule has 88 valence electrons. The molecule has 4 heteroatoms. The highest BCUT2D eigenvalue weighted by Gasteiger charge is 2.22. The predicted octanol–water partition coefficient (Wildman–Crippen LogP) is 0.262. The van der Waals surface area contributed by atoms with Crippen molar-refractivity contribution in [3.05, 3.63) is 0 Å². The minimum Gasteiger partial charge on any atom is -0.393 e. The van der Waals surface area contributed by atoms with Crippen LogP contribution in [0.2, 0.25) is 0 Å². The SMILES string of the molecule is CC(O)CC(C)NC(=O)[C@H]1CCCNC1. The first-order valence-electron chi connectivity index (χ1n) is 5.78. The van der Waals surface area contributed by atoms with E-state index in [1.165, 1.54) is 0 Å². The van der Waals surface area contributed by atoms with E-state index in [1.54, 1.807) is 6.92 Å². The normalized spacial score (nSPS) is 25.7. The van der Waals surface area contributed by atoms with Gasteiger partial charge in [0.25, 0.3) is 0 Å². The number of rotatable bonds is 4. The van der Waals surface area contributed by atoms with Crippen LogP contribution in [-0.2, 0) is 4.79 Å². The van der Waals surface area contributed by atoms with Crippen molar-refractivity contribution >= 4 is 5.91 Å². The molecule has 1 fully saturated rings. The van der Waals surface area contributed by atoms with E-state index in [2.05, 4.69) is 10.6 Å².